The van der Waals surface area contributed by atoms with E-state index < -0.39 is 0 Å². The largest absolute Gasteiger partial charge is 0.353 e. The zero-order chi connectivity index (χ0) is 12.1. The second kappa shape index (κ2) is 6.21. The third kappa shape index (κ3) is 3.76. The molecule has 1 amide bonds. The van der Waals surface area contributed by atoms with Gasteiger partial charge in [0.1, 0.15) is 0 Å². The number of likely N-dealkylation sites (tertiary alicyclic amines) is 1. The van der Waals surface area contributed by atoms with Gasteiger partial charge in [-0.25, -0.2) is 0 Å². The van der Waals surface area contributed by atoms with E-state index >= 15 is 0 Å². The molecule has 0 saturated carbocycles. The minimum atomic E-state index is 0.00394. The molecule has 0 aromatic carbocycles. The highest BCUT2D eigenvalue weighted by Gasteiger charge is 2.29. The van der Waals surface area contributed by atoms with Crippen LogP contribution in [0.15, 0.2) is 0 Å². The summed E-state index contributed by atoms with van der Waals surface area (Å²) in [5, 5.41) is 6.17. The molecule has 0 spiro atoms. The fourth-order valence-corrected chi connectivity index (χ4v) is 2.24. The van der Waals surface area contributed by atoms with Gasteiger partial charge in [0.2, 0.25) is 5.91 Å². The molecule has 1 aliphatic rings. The first-order chi connectivity index (χ1) is 7.54. The predicted molar refractivity (Wildman–Crippen MR) is 66.3 cm³/mol. The summed E-state index contributed by atoms with van der Waals surface area (Å²) in [6.45, 7) is 9.12. The van der Waals surface area contributed by atoms with E-state index in [0.717, 1.165) is 19.6 Å². The third-order valence-electron chi connectivity index (χ3n) is 3.17. The fourth-order valence-electron chi connectivity index (χ4n) is 2.24. The molecule has 1 fully saturated rings. The number of amides is 1. The van der Waals surface area contributed by atoms with E-state index in [1.54, 1.807) is 0 Å². The summed E-state index contributed by atoms with van der Waals surface area (Å²) in [6.07, 6.45) is 1.19. The summed E-state index contributed by atoms with van der Waals surface area (Å²) in [5.41, 5.74) is 0. The van der Waals surface area contributed by atoms with Crippen LogP contribution in [-0.2, 0) is 4.79 Å². The van der Waals surface area contributed by atoms with Crippen molar-refractivity contribution in [3.8, 4) is 0 Å². The van der Waals surface area contributed by atoms with Crippen LogP contribution in [-0.4, -0.2) is 49.6 Å². The maximum atomic E-state index is 11.8. The van der Waals surface area contributed by atoms with Gasteiger partial charge in [-0.2, -0.15) is 0 Å². The molecule has 2 atom stereocenters. The van der Waals surface area contributed by atoms with Crippen molar-refractivity contribution in [3.05, 3.63) is 0 Å². The highest BCUT2D eigenvalue weighted by Crippen LogP contribution is 2.17. The number of hydrogen-bond donors (Lipinski definition) is 2. The molecule has 4 nitrogen and oxygen atoms in total. The molecule has 4 heteroatoms. The number of carbonyl (C=O) groups is 1. The van der Waals surface area contributed by atoms with Crippen LogP contribution in [0.3, 0.4) is 0 Å². The van der Waals surface area contributed by atoms with E-state index in [-0.39, 0.29) is 18.0 Å². The van der Waals surface area contributed by atoms with Crippen LogP contribution in [0.2, 0.25) is 0 Å². The fraction of sp³-hybridized carbons (Fsp3) is 0.917. The van der Waals surface area contributed by atoms with Gasteiger partial charge in [-0.05, 0) is 53.2 Å². The number of rotatable bonds is 5. The first-order valence-electron chi connectivity index (χ1n) is 6.23. The zero-order valence-electron chi connectivity index (χ0n) is 10.9. The Labute approximate surface area is 98.8 Å². The number of carbonyl (C=O) groups excluding carboxylic acids is 1. The zero-order valence-corrected chi connectivity index (χ0v) is 10.9. The second-order valence-electron chi connectivity index (χ2n) is 5.05. The molecule has 94 valence electrons. The minimum Gasteiger partial charge on any atom is -0.353 e. The van der Waals surface area contributed by atoms with E-state index in [0.29, 0.717) is 5.92 Å². The lowest BCUT2D eigenvalue weighted by atomic mass is 10.1. The average molecular weight is 227 g/mol. The molecule has 0 aromatic rings. The SMILES string of the molecule is CNCC1CCN(C(C)C(=O)NC(C)C)C1. The van der Waals surface area contributed by atoms with Crippen LogP contribution in [0, 0.1) is 5.92 Å². The van der Waals surface area contributed by atoms with Gasteiger partial charge in [0.15, 0.2) is 0 Å². The Morgan fingerprint density at radius 2 is 2.12 bits per heavy atom. The number of nitrogens with one attached hydrogen (secondary N) is 2. The lowest BCUT2D eigenvalue weighted by Crippen LogP contribution is -2.46. The molecule has 0 aromatic heterocycles. The molecular weight excluding hydrogens is 202 g/mol. The van der Waals surface area contributed by atoms with E-state index in [9.17, 15) is 4.79 Å². The second-order valence-corrected chi connectivity index (χ2v) is 5.05. The third-order valence-corrected chi connectivity index (χ3v) is 3.17. The van der Waals surface area contributed by atoms with Gasteiger partial charge in [-0.1, -0.05) is 0 Å². The lowest BCUT2D eigenvalue weighted by Gasteiger charge is -2.24. The summed E-state index contributed by atoms with van der Waals surface area (Å²) < 4.78 is 0. The average Bonchev–Trinajstić information content (AvgIpc) is 2.64. The molecule has 2 unspecified atom stereocenters. The summed E-state index contributed by atoms with van der Waals surface area (Å²) in [6, 6.07) is 0.231. The van der Waals surface area contributed by atoms with Crippen molar-refractivity contribution in [1.29, 1.82) is 0 Å². The van der Waals surface area contributed by atoms with Crippen molar-refractivity contribution in [2.45, 2.75) is 39.3 Å². The molecule has 1 heterocycles. The normalized spacial score (nSPS) is 23.7. The molecule has 0 radical (unpaired) electrons. The van der Waals surface area contributed by atoms with Gasteiger partial charge < -0.3 is 10.6 Å². The van der Waals surface area contributed by atoms with Crippen LogP contribution in [0.1, 0.15) is 27.2 Å². The van der Waals surface area contributed by atoms with Crippen molar-refractivity contribution in [3.63, 3.8) is 0 Å². The summed E-state index contributed by atoms with van der Waals surface area (Å²) >= 11 is 0. The Bertz CT molecular complexity index is 230. The highest BCUT2D eigenvalue weighted by molar-refractivity contribution is 5.81. The van der Waals surface area contributed by atoms with Crippen molar-refractivity contribution in [2.75, 3.05) is 26.7 Å². The molecule has 1 rings (SSSR count). The summed E-state index contributed by atoms with van der Waals surface area (Å²) in [5.74, 6) is 0.847. The smallest absolute Gasteiger partial charge is 0.237 e. The molecule has 0 bridgehead atoms. The van der Waals surface area contributed by atoms with Crippen molar-refractivity contribution >= 4 is 5.91 Å². The van der Waals surface area contributed by atoms with E-state index in [1.165, 1.54) is 6.42 Å². The van der Waals surface area contributed by atoms with Crippen molar-refractivity contribution in [2.24, 2.45) is 5.92 Å². The molecule has 1 saturated heterocycles. The monoisotopic (exact) mass is 227 g/mol. The van der Waals surface area contributed by atoms with Gasteiger partial charge in [0, 0.05) is 12.6 Å². The van der Waals surface area contributed by atoms with Gasteiger partial charge in [0.25, 0.3) is 0 Å². The molecule has 1 aliphatic heterocycles. The maximum absolute atomic E-state index is 11.8. The minimum absolute atomic E-state index is 0.00394. The van der Waals surface area contributed by atoms with Crippen LogP contribution in [0.5, 0.6) is 0 Å². The Balaban J connectivity index is 2.38. The van der Waals surface area contributed by atoms with Crippen LogP contribution < -0.4 is 10.6 Å². The van der Waals surface area contributed by atoms with Crippen LogP contribution in [0.4, 0.5) is 0 Å². The number of nitrogens with zero attached hydrogens (tertiary/aromatic N) is 1. The van der Waals surface area contributed by atoms with E-state index in [1.807, 2.05) is 27.8 Å². The Kier molecular flexibility index (Phi) is 5.22. The first-order valence-corrected chi connectivity index (χ1v) is 6.23. The molecule has 16 heavy (non-hydrogen) atoms. The highest BCUT2D eigenvalue weighted by atomic mass is 16.2. The quantitative estimate of drug-likeness (QED) is 0.716. The predicted octanol–water partition coefficient (Wildman–Crippen LogP) is 0.441. The van der Waals surface area contributed by atoms with Gasteiger partial charge in [0.05, 0.1) is 6.04 Å². The number of hydrogen-bond acceptors (Lipinski definition) is 3. The van der Waals surface area contributed by atoms with Crippen molar-refractivity contribution < 1.29 is 4.79 Å². The van der Waals surface area contributed by atoms with Crippen molar-refractivity contribution in [1.82, 2.24) is 15.5 Å². The molecular formula is C12H25N3O. The summed E-state index contributed by atoms with van der Waals surface area (Å²) in [4.78, 5) is 14.1. The van der Waals surface area contributed by atoms with E-state index in [2.05, 4.69) is 15.5 Å². The van der Waals surface area contributed by atoms with Gasteiger partial charge in [-0.15, -0.1) is 0 Å². The standard InChI is InChI=1S/C12H25N3O/c1-9(2)14-12(16)10(3)15-6-5-11(8-15)7-13-4/h9-11,13H,5-8H2,1-4H3,(H,14,16). The van der Waals surface area contributed by atoms with Gasteiger partial charge in [-0.3, -0.25) is 9.69 Å². The maximum Gasteiger partial charge on any atom is 0.237 e. The van der Waals surface area contributed by atoms with E-state index in [4.69, 9.17) is 0 Å². The van der Waals surface area contributed by atoms with Crippen LogP contribution in [0.25, 0.3) is 0 Å². The van der Waals surface area contributed by atoms with Crippen LogP contribution >= 0.6 is 0 Å². The Morgan fingerprint density at radius 3 is 2.69 bits per heavy atom. The molecule has 2 N–H and O–H groups in total. The topological polar surface area (TPSA) is 44.4 Å². The van der Waals surface area contributed by atoms with Gasteiger partial charge >= 0.3 is 0 Å². The Hall–Kier alpha value is -0.610. The first kappa shape index (κ1) is 13.5. The summed E-state index contributed by atoms with van der Waals surface area (Å²) in [7, 11) is 1.98. The Morgan fingerprint density at radius 1 is 1.44 bits per heavy atom. The molecule has 0 aliphatic carbocycles. The lowest BCUT2D eigenvalue weighted by molar-refractivity contribution is -0.126.